The van der Waals surface area contributed by atoms with Crippen LogP contribution in [0.2, 0.25) is 0 Å². The van der Waals surface area contributed by atoms with Gasteiger partial charge in [0.1, 0.15) is 11.4 Å². The highest BCUT2D eigenvalue weighted by molar-refractivity contribution is 6.00. The first-order valence-electron chi connectivity index (χ1n) is 8.18. The van der Waals surface area contributed by atoms with Crippen molar-refractivity contribution in [3.63, 3.8) is 0 Å². The summed E-state index contributed by atoms with van der Waals surface area (Å²) < 4.78 is 6.23. The van der Waals surface area contributed by atoms with Gasteiger partial charge >= 0.3 is 0 Å². The van der Waals surface area contributed by atoms with Crippen molar-refractivity contribution in [3.8, 4) is 5.75 Å². The van der Waals surface area contributed by atoms with Gasteiger partial charge in [0.25, 0.3) is 0 Å². The lowest BCUT2D eigenvalue weighted by Gasteiger charge is -2.44. The number of rotatable bonds is 1. The van der Waals surface area contributed by atoms with Crippen molar-refractivity contribution >= 4 is 11.7 Å². The van der Waals surface area contributed by atoms with Crippen LogP contribution in [0.15, 0.2) is 18.2 Å². The second-order valence-electron chi connectivity index (χ2n) is 6.98. The zero-order valence-corrected chi connectivity index (χ0v) is 12.9. The molecule has 0 unspecified atom stereocenters. The van der Waals surface area contributed by atoms with Crippen LogP contribution >= 0.6 is 0 Å². The van der Waals surface area contributed by atoms with Crippen LogP contribution in [-0.4, -0.2) is 35.3 Å². The van der Waals surface area contributed by atoms with Crippen molar-refractivity contribution in [2.45, 2.75) is 44.6 Å². The molecule has 2 heterocycles. The predicted octanol–water partition coefficient (Wildman–Crippen LogP) is 2.73. The number of carbonyl (C=O) groups is 2. The molecule has 0 radical (unpaired) electrons. The average molecular weight is 299 g/mol. The molecule has 3 aliphatic rings. The first kappa shape index (κ1) is 13.8. The normalized spacial score (nSPS) is 23.1. The van der Waals surface area contributed by atoms with Gasteiger partial charge in [-0.05, 0) is 31.9 Å². The summed E-state index contributed by atoms with van der Waals surface area (Å²) in [5.74, 6) is 1.45. The van der Waals surface area contributed by atoms with Crippen molar-refractivity contribution in [1.82, 2.24) is 4.90 Å². The lowest BCUT2D eigenvalue weighted by molar-refractivity contribution is -0.136. The zero-order valence-electron chi connectivity index (χ0n) is 12.9. The molecule has 116 valence electrons. The third-order valence-electron chi connectivity index (χ3n) is 5.16. The zero-order chi connectivity index (χ0) is 15.3. The summed E-state index contributed by atoms with van der Waals surface area (Å²) in [6.07, 6.45) is 4.04. The van der Waals surface area contributed by atoms with Crippen molar-refractivity contribution in [2.75, 3.05) is 13.1 Å². The van der Waals surface area contributed by atoms with Crippen molar-refractivity contribution in [3.05, 3.63) is 29.3 Å². The molecule has 1 saturated carbocycles. The van der Waals surface area contributed by atoms with Crippen LogP contribution in [-0.2, 0) is 4.79 Å². The lowest BCUT2D eigenvalue weighted by Crippen LogP contribution is -2.52. The third-order valence-corrected chi connectivity index (χ3v) is 5.16. The van der Waals surface area contributed by atoms with Crippen LogP contribution in [0.3, 0.4) is 0 Å². The molecule has 1 aromatic carbocycles. The number of hydrogen-bond acceptors (Lipinski definition) is 3. The molecule has 0 aromatic heterocycles. The Hall–Kier alpha value is -1.84. The molecule has 4 rings (SSSR count). The molecule has 0 bridgehead atoms. The highest BCUT2D eigenvalue weighted by Crippen LogP contribution is 2.40. The fraction of sp³-hybridized carbons (Fsp3) is 0.556. The van der Waals surface area contributed by atoms with Crippen LogP contribution < -0.4 is 4.74 Å². The van der Waals surface area contributed by atoms with Crippen molar-refractivity contribution in [1.29, 1.82) is 0 Å². The number of ketones is 1. The Bertz CT molecular complexity index is 640. The van der Waals surface area contributed by atoms with E-state index in [2.05, 4.69) is 0 Å². The number of aryl methyl sites for hydroxylation is 1. The highest BCUT2D eigenvalue weighted by atomic mass is 16.5. The van der Waals surface area contributed by atoms with Gasteiger partial charge in [-0.2, -0.15) is 0 Å². The Balaban J connectivity index is 1.51. The number of likely N-dealkylation sites (tertiary alicyclic amines) is 1. The number of nitrogens with zero attached hydrogens (tertiary/aromatic N) is 1. The van der Waals surface area contributed by atoms with E-state index in [1.807, 2.05) is 30.0 Å². The summed E-state index contributed by atoms with van der Waals surface area (Å²) in [7, 11) is 0. The number of Topliss-reactive ketones (excluding diaryl/α,β-unsaturated/α-hetero) is 1. The van der Waals surface area contributed by atoms with Crippen molar-refractivity contribution < 1.29 is 14.3 Å². The Labute approximate surface area is 130 Å². The number of piperidine rings is 1. The minimum absolute atomic E-state index is 0.173. The van der Waals surface area contributed by atoms with Crippen LogP contribution in [0.5, 0.6) is 5.75 Å². The molecule has 1 spiro atoms. The smallest absolute Gasteiger partial charge is 0.225 e. The van der Waals surface area contributed by atoms with E-state index >= 15 is 0 Å². The first-order chi connectivity index (χ1) is 10.6. The van der Waals surface area contributed by atoms with E-state index in [0.29, 0.717) is 36.7 Å². The maximum atomic E-state index is 12.5. The summed E-state index contributed by atoms with van der Waals surface area (Å²) >= 11 is 0. The molecule has 1 aliphatic carbocycles. The standard InChI is InChI=1S/C18H21NO3/c1-12-2-5-16-14(10-12)15(20)11-18(22-16)6-8-19(9-7-18)17(21)13-3-4-13/h2,5,10,13H,3-4,6-9,11H2,1H3. The van der Waals surface area contributed by atoms with E-state index < -0.39 is 5.60 Å². The molecule has 1 aromatic rings. The quantitative estimate of drug-likeness (QED) is 0.801. The number of fused-ring (bicyclic) bond motifs is 1. The third kappa shape index (κ3) is 2.31. The number of benzene rings is 1. The van der Waals surface area contributed by atoms with Gasteiger partial charge in [0.15, 0.2) is 5.78 Å². The van der Waals surface area contributed by atoms with Crippen LogP contribution in [0.25, 0.3) is 0 Å². The van der Waals surface area contributed by atoms with Gasteiger partial charge in [0.05, 0.1) is 12.0 Å². The predicted molar refractivity (Wildman–Crippen MR) is 82.0 cm³/mol. The van der Waals surface area contributed by atoms with E-state index in [9.17, 15) is 9.59 Å². The summed E-state index contributed by atoms with van der Waals surface area (Å²) in [6.45, 7) is 3.41. The second kappa shape index (κ2) is 4.83. The summed E-state index contributed by atoms with van der Waals surface area (Å²) in [5, 5.41) is 0. The van der Waals surface area contributed by atoms with E-state index in [1.54, 1.807) is 0 Å². The molecule has 2 fully saturated rings. The summed E-state index contributed by atoms with van der Waals surface area (Å²) in [4.78, 5) is 26.6. The minimum Gasteiger partial charge on any atom is -0.486 e. The highest BCUT2D eigenvalue weighted by Gasteiger charge is 2.45. The lowest BCUT2D eigenvalue weighted by atomic mass is 9.82. The van der Waals surface area contributed by atoms with E-state index in [4.69, 9.17) is 4.74 Å². The number of hydrogen-bond donors (Lipinski definition) is 0. The van der Waals surface area contributed by atoms with Gasteiger partial charge < -0.3 is 9.64 Å². The summed E-state index contributed by atoms with van der Waals surface area (Å²) in [5.41, 5.74) is 1.39. The van der Waals surface area contributed by atoms with Crippen LogP contribution in [0.4, 0.5) is 0 Å². The molecule has 22 heavy (non-hydrogen) atoms. The Morgan fingerprint density at radius 2 is 2.00 bits per heavy atom. The SMILES string of the molecule is Cc1ccc2c(c1)C(=O)CC1(CCN(C(=O)C3CC3)CC1)O2. The molecule has 0 atom stereocenters. The van der Waals surface area contributed by atoms with Crippen LogP contribution in [0.1, 0.15) is 48.0 Å². The van der Waals surface area contributed by atoms with E-state index in [0.717, 1.165) is 31.2 Å². The minimum atomic E-state index is -0.403. The topological polar surface area (TPSA) is 46.6 Å². The van der Waals surface area contributed by atoms with Gasteiger partial charge in [0, 0.05) is 31.8 Å². The molecule has 1 saturated heterocycles. The molecule has 0 N–H and O–H groups in total. The van der Waals surface area contributed by atoms with Gasteiger partial charge in [-0.1, -0.05) is 11.6 Å². The fourth-order valence-electron chi connectivity index (χ4n) is 3.61. The number of carbonyl (C=O) groups excluding carboxylic acids is 2. The molecular weight excluding hydrogens is 278 g/mol. The maximum Gasteiger partial charge on any atom is 0.225 e. The molecule has 4 nitrogen and oxygen atoms in total. The number of amides is 1. The monoisotopic (exact) mass is 299 g/mol. The molecule has 4 heteroatoms. The van der Waals surface area contributed by atoms with Crippen LogP contribution in [0, 0.1) is 12.8 Å². The van der Waals surface area contributed by atoms with E-state index in [-0.39, 0.29) is 11.7 Å². The summed E-state index contributed by atoms with van der Waals surface area (Å²) in [6, 6.07) is 5.80. The molecular formula is C18H21NO3. The maximum absolute atomic E-state index is 12.5. The second-order valence-corrected chi connectivity index (χ2v) is 6.98. The van der Waals surface area contributed by atoms with Gasteiger partial charge in [-0.25, -0.2) is 0 Å². The average Bonchev–Trinajstić information content (AvgIpc) is 3.33. The Morgan fingerprint density at radius 3 is 2.68 bits per heavy atom. The number of ether oxygens (including phenoxy) is 1. The van der Waals surface area contributed by atoms with Gasteiger partial charge in [-0.3, -0.25) is 9.59 Å². The van der Waals surface area contributed by atoms with E-state index in [1.165, 1.54) is 0 Å². The largest absolute Gasteiger partial charge is 0.486 e. The van der Waals surface area contributed by atoms with Gasteiger partial charge in [-0.15, -0.1) is 0 Å². The Morgan fingerprint density at radius 1 is 1.27 bits per heavy atom. The van der Waals surface area contributed by atoms with Crippen molar-refractivity contribution in [2.24, 2.45) is 5.92 Å². The first-order valence-corrected chi connectivity index (χ1v) is 8.18. The van der Waals surface area contributed by atoms with Gasteiger partial charge in [0.2, 0.25) is 5.91 Å². The molecule has 1 amide bonds. The Kier molecular flexibility index (Phi) is 3.03. The molecule has 2 aliphatic heterocycles. The fourth-order valence-corrected chi connectivity index (χ4v) is 3.61.